The molecule has 2 rings (SSSR count). The molecule has 1 fully saturated rings. The Kier molecular flexibility index (Phi) is 6.97. The van der Waals surface area contributed by atoms with E-state index in [-0.39, 0.29) is 36.3 Å². The van der Waals surface area contributed by atoms with Crippen molar-refractivity contribution in [2.75, 3.05) is 13.1 Å². The Balaban J connectivity index is 0.00000264. The molecule has 7 heteroatoms. The molecule has 0 heterocycles. The van der Waals surface area contributed by atoms with Crippen LogP contribution in [0, 0.1) is 12.7 Å². The Labute approximate surface area is 141 Å². The fourth-order valence-electron chi connectivity index (χ4n) is 2.60. The van der Waals surface area contributed by atoms with Crippen LogP contribution in [0.2, 0.25) is 0 Å². The first-order chi connectivity index (χ1) is 10.4. The molecule has 1 aliphatic carbocycles. The lowest BCUT2D eigenvalue weighted by Gasteiger charge is -2.22. The van der Waals surface area contributed by atoms with Crippen LogP contribution in [0.25, 0.3) is 0 Å². The largest absolute Gasteiger partial charge is 0.353 e. The Hall–Kier alpha value is -1.66. The van der Waals surface area contributed by atoms with Gasteiger partial charge in [-0.25, -0.2) is 4.39 Å². The van der Waals surface area contributed by atoms with Gasteiger partial charge in [0.05, 0.1) is 5.54 Å². The van der Waals surface area contributed by atoms with Gasteiger partial charge in [0.15, 0.2) is 0 Å². The summed E-state index contributed by atoms with van der Waals surface area (Å²) < 4.78 is 13.4. The molecule has 0 radical (unpaired) electrons. The third-order valence-corrected chi connectivity index (χ3v) is 4.08. The number of carbonyl (C=O) groups is 2. The summed E-state index contributed by atoms with van der Waals surface area (Å²) in [5.74, 6) is -0.940. The van der Waals surface area contributed by atoms with Gasteiger partial charge in [-0.2, -0.15) is 0 Å². The number of amides is 2. The molecule has 2 amide bonds. The van der Waals surface area contributed by atoms with Crippen LogP contribution in [-0.2, 0) is 4.79 Å². The number of carbonyl (C=O) groups excluding carboxylic acids is 2. The zero-order chi connectivity index (χ0) is 16.2. The molecular weight excluding hydrogens is 321 g/mol. The third-order valence-electron chi connectivity index (χ3n) is 4.08. The second kappa shape index (κ2) is 8.26. The molecule has 5 nitrogen and oxygen atoms in total. The number of aryl methyl sites for hydroxylation is 1. The number of benzene rings is 1. The minimum atomic E-state index is -0.760. The van der Waals surface area contributed by atoms with Crippen LogP contribution >= 0.6 is 12.4 Å². The summed E-state index contributed by atoms with van der Waals surface area (Å²) in [7, 11) is 0. The van der Waals surface area contributed by atoms with Gasteiger partial charge in [-0.1, -0.05) is 18.9 Å². The van der Waals surface area contributed by atoms with E-state index in [1.165, 1.54) is 6.07 Å². The van der Waals surface area contributed by atoms with E-state index >= 15 is 0 Å². The monoisotopic (exact) mass is 343 g/mol. The van der Waals surface area contributed by atoms with Crippen molar-refractivity contribution in [2.45, 2.75) is 38.1 Å². The topological polar surface area (TPSA) is 84.2 Å². The lowest BCUT2D eigenvalue weighted by Crippen LogP contribution is -2.53. The van der Waals surface area contributed by atoms with Crippen molar-refractivity contribution in [1.29, 1.82) is 0 Å². The maximum absolute atomic E-state index is 13.4. The number of hydrogen-bond donors (Lipinski definition) is 3. The molecular formula is C16H23ClFN3O2. The van der Waals surface area contributed by atoms with Gasteiger partial charge in [-0.15, -0.1) is 12.4 Å². The Morgan fingerprint density at radius 2 is 1.83 bits per heavy atom. The smallest absolute Gasteiger partial charge is 0.251 e. The highest BCUT2D eigenvalue weighted by molar-refractivity contribution is 5.94. The highest BCUT2D eigenvalue weighted by atomic mass is 35.5. The fourth-order valence-corrected chi connectivity index (χ4v) is 2.60. The first-order valence-corrected chi connectivity index (χ1v) is 7.54. The van der Waals surface area contributed by atoms with E-state index in [1.54, 1.807) is 19.1 Å². The SMILES string of the molecule is Cc1ccc(C(=O)NCCNC(=O)C2(N)CCCC2)cc1F.Cl. The fraction of sp³-hybridized carbons (Fsp3) is 0.500. The second-order valence-corrected chi connectivity index (χ2v) is 5.84. The summed E-state index contributed by atoms with van der Waals surface area (Å²) in [4.78, 5) is 23.8. The first kappa shape index (κ1) is 19.4. The van der Waals surface area contributed by atoms with Crippen LogP contribution in [0.3, 0.4) is 0 Å². The van der Waals surface area contributed by atoms with Gasteiger partial charge in [-0.05, 0) is 37.5 Å². The lowest BCUT2D eigenvalue weighted by molar-refractivity contribution is -0.126. The summed E-state index contributed by atoms with van der Waals surface area (Å²) in [5.41, 5.74) is 6.02. The Morgan fingerprint density at radius 1 is 1.22 bits per heavy atom. The van der Waals surface area contributed by atoms with E-state index in [0.29, 0.717) is 24.9 Å². The highest BCUT2D eigenvalue weighted by Crippen LogP contribution is 2.26. The van der Waals surface area contributed by atoms with E-state index in [2.05, 4.69) is 10.6 Å². The first-order valence-electron chi connectivity index (χ1n) is 7.54. The molecule has 4 N–H and O–H groups in total. The van der Waals surface area contributed by atoms with E-state index in [4.69, 9.17) is 5.73 Å². The number of nitrogens with one attached hydrogen (secondary N) is 2. The second-order valence-electron chi connectivity index (χ2n) is 5.84. The summed E-state index contributed by atoms with van der Waals surface area (Å²) >= 11 is 0. The number of hydrogen-bond acceptors (Lipinski definition) is 3. The van der Waals surface area contributed by atoms with Gasteiger partial charge in [-0.3, -0.25) is 9.59 Å². The minimum Gasteiger partial charge on any atom is -0.353 e. The molecule has 23 heavy (non-hydrogen) atoms. The molecule has 0 atom stereocenters. The quantitative estimate of drug-likeness (QED) is 0.711. The maximum atomic E-state index is 13.4. The highest BCUT2D eigenvalue weighted by Gasteiger charge is 2.36. The van der Waals surface area contributed by atoms with E-state index in [0.717, 1.165) is 12.8 Å². The van der Waals surface area contributed by atoms with E-state index in [1.807, 2.05) is 0 Å². The molecule has 128 valence electrons. The molecule has 0 bridgehead atoms. The van der Waals surface area contributed by atoms with Crippen molar-refractivity contribution < 1.29 is 14.0 Å². The van der Waals surface area contributed by atoms with Gasteiger partial charge >= 0.3 is 0 Å². The third kappa shape index (κ3) is 4.91. The maximum Gasteiger partial charge on any atom is 0.251 e. The molecule has 1 saturated carbocycles. The molecule has 1 aromatic rings. The molecule has 0 aromatic heterocycles. The Morgan fingerprint density at radius 3 is 2.43 bits per heavy atom. The van der Waals surface area contributed by atoms with E-state index in [9.17, 15) is 14.0 Å². The van der Waals surface area contributed by atoms with Gasteiger partial charge in [0, 0.05) is 18.7 Å². The van der Waals surface area contributed by atoms with Crippen molar-refractivity contribution in [2.24, 2.45) is 5.73 Å². The molecule has 0 spiro atoms. The molecule has 1 aliphatic rings. The van der Waals surface area contributed by atoms with Crippen molar-refractivity contribution in [3.05, 3.63) is 35.1 Å². The predicted octanol–water partition coefficient (Wildman–Crippen LogP) is 1.67. The Bertz CT molecular complexity index is 574. The van der Waals surface area contributed by atoms with Crippen molar-refractivity contribution in [3.8, 4) is 0 Å². The van der Waals surface area contributed by atoms with Gasteiger partial charge in [0.1, 0.15) is 5.82 Å². The average molecular weight is 344 g/mol. The lowest BCUT2D eigenvalue weighted by atomic mass is 9.98. The molecule has 0 aliphatic heterocycles. The van der Waals surface area contributed by atoms with Crippen LogP contribution in [0.1, 0.15) is 41.6 Å². The van der Waals surface area contributed by atoms with Crippen molar-refractivity contribution in [3.63, 3.8) is 0 Å². The van der Waals surface area contributed by atoms with Crippen LogP contribution in [-0.4, -0.2) is 30.4 Å². The van der Waals surface area contributed by atoms with Crippen LogP contribution in [0.4, 0.5) is 4.39 Å². The number of rotatable bonds is 5. The summed E-state index contributed by atoms with van der Waals surface area (Å²) in [6.07, 6.45) is 3.35. The van der Waals surface area contributed by atoms with Crippen molar-refractivity contribution in [1.82, 2.24) is 10.6 Å². The number of nitrogens with two attached hydrogens (primary N) is 1. The van der Waals surface area contributed by atoms with Gasteiger partial charge in [0.2, 0.25) is 5.91 Å². The average Bonchev–Trinajstić information content (AvgIpc) is 2.94. The van der Waals surface area contributed by atoms with Crippen molar-refractivity contribution >= 4 is 24.2 Å². The van der Waals surface area contributed by atoms with Crippen LogP contribution in [0.5, 0.6) is 0 Å². The number of halogens is 2. The van der Waals surface area contributed by atoms with Crippen LogP contribution in [0.15, 0.2) is 18.2 Å². The standard InChI is InChI=1S/C16H22FN3O2.ClH/c1-11-4-5-12(10-13(11)17)14(21)19-8-9-20-15(22)16(18)6-2-3-7-16;/h4-5,10H,2-3,6-9,18H2,1H3,(H,19,21)(H,20,22);1H. The zero-order valence-corrected chi connectivity index (χ0v) is 14.0. The van der Waals surface area contributed by atoms with Gasteiger partial charge < -0.3 is 16.4 Å². The normalized spacial score (nSPS) is 15.6. The van der Waals surface area contributed by atoms with E-state index < -0.39 is 11.4 Å². The summed E-state index contributed by atoms with van der Waals surface area (Å²) in [5, 5.41) is 5.38. The zero-order valence-electron chi connectivity index (χ0n) is 13.2. The molecule has 1 aromatic carbocycles. The minimum absolute atomic E-state index is 0. The summed E-state index contributed by atoms with van der Waals surface area (Å²) in [6.45, 7) is 2.21. The van der Waals surface area contributed by atoms with Gasteiger partial charge in [0.25, 0.3) is 5.91 Å². The summed E-state index contributed by atoms with van der Waals surface area (Å²) in [6, 6.07) is 4.33. The van der Waals surface area contributed by atoms with Crippen LogP contribution < -0.4 is 16.4 Å². The molecule has 0 saturated heterocycles. The molecule has 0 unspecified atom stereocenters. The predicted molar refractivity (Wildman–Crippen MR) is 89.1 cm³/mol.